The Bertz CT molecular complexity index is 765. The van der Waals surface area contributed by atoms with Gasteiger partial charge in [0.25, 0.3) is 0 Å². The molecule has 0 saturated heterocycles. The van der Waals surface area contributed by atoms with Gasteiger partial charge < -0.3 is 9.73 Å². The van der Waals surface area contributed by atoms with Crippen molar-refractivity contribution in [2.24, 2.45) is 7.05 Å². The summed E-state index contributed by atoms with van der Waals surface area (Å²) in [6.45, 7) is 6.65. The summed E-state index contributed by atoms with van der Waals surface area (Å²) in [5, 5.41) is 15.0. The summed E-state index contributed by atoms with van der Waals surface area (Å²) < 4.78 is 7.54. The van der Waals surface area contributed by atoms with Crippen molar-refractivity contribution in [1.29, 1.82) is 0 Å². The molecule has 3 heterocycles. The minimum absolute atomic E-state index is 0.666. The van der Waals surface area contributed by atoms with E-state index in [1.165, 1.54) is 0 Å². The molecule has 0 aromatic carbocycles. The number of aromatic amines is 1. The number of rotatable bonds is 4. The van der Waals surface area contributed by atoms with Crippen LogP contribution in [-0.4, -0.2) is 20.0 Å². The SMILES string of the molecule is Cc1ccc(-c2[nH]ncc2CNc2c(C)nn(C)c2C)o1. The normalized spacial score (nSPS) is 11.0. The number of nitrogens with one attached hydrogen (secondary N) is 2. The molecule has 0 aliphatic heterocycles. The zero-order chi connectivity index (χ0) is 15.0. The highest BCUT2D eigenvalue weighted by Gasteiger charge is 2.13. The molecule has 6 nitrogen and oxygen atoms in total. The van der Waals surface area contributed by atoms with Crippen LogP contribution in [0.3, 0.4) is 0 Å². The van der Waals surface area contributed by atoms with E-state index in [4.69, 9.17) is 4.42 Å². The Hall–Kier alpha value is -2.50. The number of H-pyrrole nitrogens is 1. The lowest BCUT2D eigenvalue weighted by Gasteiger charge is -2.06. The molecular formula is C15H19N5O. The number of furan rings is 1. The third kappa shape index (κ3) is 2.44. The topological polar surface area (TPSA) is 71.7 Å². The Balaban J connectivity index is 1.82. The molecule has 3 rings (SSSR count). The molecule has 6 heteroatoms. The number of aryl methyl sites for hydroxylation is 3. The van der Waals surface area contributed by atoms with Gasteiger partial charge >= 0.3 is 0 Å². The molecule has 3 aromatic rings. The predicted octanol–water partition coefficient (Wildman–Crippen LogP) is 2.94. The van der Waals surface area contributed by atoms with Gasteiger partial charge in [0.1, 0.15) is 11.5 Å². The first-order chi connectivity index (χ1) is 10.1. The Labute approximate surface area is 123 Å². The van der Waals surface area contributed by atoms with E-state index in [0.29, 0.717) is 6.54 Å². The van der Waals surface area contributed by atoms with E-state index in [1.54, 1.807) is 0 Å². The average molecular weight is 285 g/mol. The third-order valence-electron chi connectivity index (χ3n) is 3.67. The average Bonchev–Trinajstić information content (AvgIpc) is 3.11. The number of nitrogens with zero attached hydrogens (tertiary/aromatic N) is 3. The molecule has 110 valence electrons. The van der Waals surface area contributed by atoms with Crippen molar-refractivity contribution in [3.63, 3.8) is 0 Å². The number of hydrogen-bond acceptors (Lipinski definition) is 4. The summed E-state index contributed by atoms with van der Waals surface area (Å²) in [7, 11) is 1.95. The van der Waals surface area contributed by atoms with Crippen LogP contribution in [0.25, 0.3) is 11.5 Å². The summed E-state index contributed by atoms with van der Waals surface area (Å²) in [4.78, 5) is 0. The molecule has 0 aliphatic rings. The summed E-state index contributed by atoms with van der Waals surface area (Å²) in [6.07, 6.45) is 1.82. The molecular weight excluding hydrogens is 266 g/mol. The second kappa shape index (κ2) is 5.12. The first-order valence-electron chi connectivity index (χ1n) is 6.89. The van der Waals surface area contributed by atoms with E-state index in [9.17, 15) is 0 Å². The van der Waals surface area contributed by atoms with Gasteiger partial charge in [-0.15, -0.1) is 0 Å². The highest BCUT2D eigenvalue weighted by atomic mass is 16.3. The predicted molar refractivity (Wildman–Crippen MR) is 81.0 cm³/mol. The van der Waals surface area contributed by atoms with Crippen LogP contribution >= 0.6 is 0 Å². The van der Waals surface area contributed by atoms with Crippen LogP contribution in [-0.2, 0) is 13.6 Å². The van der Waals surface area contributed by atoms with Crippen molar-refractivity contribution < 1.29 is 4.42 Å². The van der Waals surface area contributed by atoms with Crippen LogP contribution in [0.1, 0.15) is 22.7 Å². The van der Waals surface area contributed by atoms with Crippen LogP contribution < -0.4 is 5.32 Å². The van der Waals surface area contributed by atoms with Gasteiger partial charge in [0, 0.05) is 19.2 Å². The zero-order valence-electron chi connectivity index (χ0n) is 12.7. The summed E-state index contributed by atoms with van der Waals surface area (Å²) in [5.74, 6) is 1.69. The molecule has 0 spiro atoms. The van der Waals surface area contributed by atoms with Gasteiger partial charge in [-0.25, -0.2) is 0 Å². The van der Waals surface area contributed by atoms with Gasteiger partial charge in [-0.2, -0.15) is 10.2 Å². The first-order valence-corrected chi connectivity index (χ1v) is 6.89. The molecule has 0 aliphatic carbocycles. The van der Waals surface area contributed by atoms with E-state index < -0.39 is 0 Å². The Morgan fingerprint density at radius 3 is 2.71 bits per heavy atom. The third-order valence-corrected chi connectivity index (χ3v) is 3.67. The van der Waals surface area contributed by atoms with E-state index in [-0.39, 0.29) is 0 Å². The van der Waals surface area contributed by atoms with Crippen LogP contribution in [0, 0.1) is 20.8 Å². The largest absolute Gasteiger partial charge is 0.460 e. The number of hydrogen-bond donors (Lipinski definition) is 2. The van der Waals surface area contributed by atoms with Crippen molar-refractivity contribution in [3.05, 3.63) is 41.0 Å². The molecule has 0 saturated carbocycles. The minimum Gasteiger partial charge on any atom is -0.460 e. The van der Waals surface area contributed by atoms with Gasteiger partial charge in [-0.3, -0.25) is 9.78 Å². The summed E-state index contributed by atoms with van der Waals surface area (Å²) >= 11 is 0. The highest BCUT2D eigenvalue weighted by molar-refractivity contribution is 5.59. The fourth-order valence-corrected chi connectivity index (χ4v) is 2.44. The van der Waals surface area contributed by atoms with Crippen molar-refractivity contribution in [1.82, 2.24) is 20.0 Å². The van der Waals surface area contributed by atoms with E-state index >= 15 is 0 Å². The monoisotopic (exact) mass is 285 g/mol. The standard InChI is InChI=1S/C15H19N5O/c1-9-5-6-13(21-9)15-12(8-17-18-15)7-16-14-10(2)19-20(4)11(14)3/h5-6,8,16H,7H2,1-4H3,(H,17,18). The van der Waals surface area contributed by atoms with Crippen LogP contribution in [0.2, 0.25) is 0 Å². The second-order valence-electron chi connectivity index (χ2n) is 5.20. The second-order valence-corrected chi connectivity index (χ2v) is 5.20. The first kappa shape index (κ1) is 13.5. The minimum atomic E-state index is 0.666. The van der Waals surface area contributed by atoms with Gasteiger partial charge in [0.05, 0.1) is 23.3 Å². The Morgan fingerprint density at radius 2 is 2.10 bits per heavy atom. The van der Waals surface area contributed by atoms with Gasteiger partial charge in [-0.05, 0) is 32.9 Å². The maximum atomic E-state index is 5.66. The maximum absolute atomic E-state index is 5.66. The maximum Gasteiger partial charge on any atom is 0.152 e. The fraction of sp³-hybridized carbons (Fsp3) is 0.333. The van der Waals surface area contributed by atoms with Gasteiger partial charge in [0.2, 0.25) is 0 Å². The van der Waals surface area contributed by atoms with Crippen molar-refractivity contribution >= 4 is 5.69 Å². The van der Waals surface area contributed by atoms with Crippen LogP contribution in [0.5, 0.6) is 0 Å². The van der Waals surface area contributed by atoms with E-state index in [2.05, 4.69) is 27.5 Å². The number of aromatic nitrogens is 4. The molecule has 0 bridgehead atoms. The summed E-state index contributed by atoms with van der Waals surface area (Å²) in [6, 6.07) is 3.90. The van der Waals surface area contributed by atoms with Gasteiger partial charge in [-0.1, -0.05) is 0 Å². The molecule has 3 aromatic heterocycles. The lowest BCUT2D eigenvalue weighted by Crippen LogP contribution is -2.02. The summed E-state index contributed by atoms with van der Waals surface area (Å²) in [5.41, 5.74) is 5.15. The zero-order valence-corrected chi connectivity index (χ0v) is 12.7. The molecule has 0 atom stereocenters. The van der Waals surface area contributed by atoms with Crippen molar-refractivity contribution in [2.75, 3.05) is 5.32 Å². The van der Waals surface area contributed by atoms with Crippen molar-refractivity contribution in [3.8, 4) is 11.5 Å². The lowest BCUT2D eigenvalue weighted by atomic mass is 10.2. The molecule has 0 amide bonds. The number of anilines is 1. The smallest absolute Gasteiger partial charge is 0.152 e. The molecule has 0 unspecified atom stereocenters. The Morgan fingerprint density at radius 1 is 1.29 bits per heavy atom. The van der Waals surface area contributed by atoms with Gasteiger partial charge in [0.15, 0.2) is 5.76 Å². The molecule has 2 N–H and O–H groups in total. The Kier molecular flexibility index (Phi) is 3.29. The van der Waals surface area contributed by atoms with Crippen molar-refractivity contribution in [2.45, 2.75) is 27.3 Å². The quantitative estimate of drug-likeness (QED) is 0.773. The fourth-order valence-electron chi connectivity index (χ4n) is 2.44. The van der Waals surface area contributed by atoms with Crippen LogP contribution in [0.4, 0.5) is 5.69 Å². The van der Waals surface area contributed by atoms with E-state index in [0.717, 1.165) is 39.9 Å². The highest BCUT2D eigenvalue weighted by Crippen LogP contribution is 2.25. The molecule has 21 heavy (non-hydrogen) atoms. The molecule has 0 radical (unpaired) electrons. The van der Waals surface area contributed by atoms with E-state index in [1.807, 2.05) is 43.9 Å². The lowest BCUT2D eigenvalue weighted by molar-refractivity contribution is 0.545. The molecule has 0 fully saturated rings. The van der Waals surface area contributed by atoms with Crippen LogP contribution in [0.15, 0.2) is 22.7 Å².